The average Bonchev–Trinajstić information content (AvgIpc) is 2.24. The van der Waals surface area contributed by atoms with Crippen molar-refractivity contribution in [1.82, 2.24) is 5.32 Å². The summed E-state index contributed by atoms with van der Waals surface area (Å²) in [5, 5.41) is 2.93. The lowest BCUT2D eigenvalue weighted by Gasteiger charge is -2.30. The molecule has 1 unspecified atom stereocenters. The molecule has 84 valence electrons. The Morgan fingerprint density at radius 3 is 2.14 bits per heavy atom. The fraction of sp³-hybridized carbons (Fsp3) is 0.900. The van der Waals surface area contributed by atoms with Crippen LogP contribution in [0.4, 0.5) is 0 Å². The molecule has 0 aliphatic rings. The van der Waals surface area contributed by atoms with Crippen LogP contribution in [0.3, 0.4) is 0 Å². The number of halogens is 2. The van der Waals surface area contributed by atoms with Crippen molar-refractivity contribution >= 4 is 29.1 Å². The zero-order chi connectivity index (χ0) is 11.2. The maximum Gasteiger partial charge on any atom is 0.223 e. The summed E-state index contributed by atoms with van der Waals surface area (Å²) in [6.07, 6.45) is 1.58. The first-order valence-electron chi connectivity index (χ1n) is 4.99. The third-order valence-corrected chi connectivity index (χ3v) is 3.66. The number of amides is 1. The lowest BCUT2D eigenvalue weighted by Crippen LogP contribution is -2.52. The van der Waals surface area contributed by atoms with E-state index in [2.05, 4.69) is 5.32 Å². The van der Waals surface area contributed by atoms with Crippen LogP contribution in [0.25, 0.3) is 0 Å². The first kappa shape index (κ1) is 14.1. The molecule has 0 aromatic rings. The van der Waals surface area contributed by atoms with Gasteiger partial charge in [-0.3, -0.25) is 4.79 Å². The zero-order valence-electron chi connectivity index (χ0n) is 9.07. The molecule has 0 aliphatic heterocycles. The fourth-order valence-corrected chi connectivity index (χ4v) is 1.75. The highest BCUT2D eigenvalue weighted by Gasteiger charge is 2.29. The number of alkyl halides is 2. The van der Waals surface area contributed by atoms with Crippen LogP contribution in [-0.4, -0.2) is 23.2 Å². The summed E-state index contributed by atoms with van der Waals surface area (Å²) >= 11 is 11.6. The SMILES string of the molecule is CCC(C)C(=O)NC(CC)(CCl)CCl. The minimum Gasteiger partial charge on any atom is -0.348 e. The van der Waals surface area contributed by atoms with E-state index in [-0.39, 0.29) is 11.8 Å². The Morgan fingerprint density at radius 2 is 1.86 bits per heavy atom. The molecule has 0 heterocycles. The molecule has 1 atom stereocenters. The van der Waals surface area contributed by atoms with Crippen LogP contribution in [0.15, 0.2) is 0 Å². The topological polar surface area (TPSA) is 29.1 Å². The van der Waals surface area contributed by atoms with Crippen LogP contribution in [0.5, 0.6) is 0 Å². The summed E-state index contributed by atoms with van der Waals surface area (Å²) in [7, 11) is 0. The van der Waals surface area contributed by atoms with E-state index in [9.17, 15) is 4.79 Å². The lowest BCUT2D eigenvalue weighted by molar-refractivity contribution is -0.126. The van der Waals surface area contributed by atoms with Crippen molar-refractivity contribution in [2.24, 2.45) is 5.92 Å². The predicted octanol–water partition coefficient (Wildman–Crippen LogP) is 2.78. The van der Waals surface area contributed by atoms with E-state index in [0.717, 1.165) is 12.8 Å². The molecule has 0 saturated heterocycles. The normalized spacial score (nSPS) is 13.8. The van der Waals surface area contributed by atoms with Gasteiger partial charge in [-0.2, -0.15) is 0 Å². The molecule has 0 radical (unpaired) electrons. The van der Waals surface area contributed by atoms with Gasteiger partial charge < -0.3 is 5.32 Å². The monoisotopic (exact) mass is 239 g/mol. The molecule has 1 N–H and O–H groups in total. The third-order valence-electron chi connectivity index (χ3n) is 2.64. The second kappa shape index (κ2) is 6.52. The summed E-state index contributed by atoms with van der Waals surface area (Å²) in [6, 6.07) is 0. The molecule has 2 nitrogen and oxygen atoms in total. The smallest absolute Gasteiger partial charge is 0.223 e. The predicted molar refractivity (Wildman–Crippen MR) is 62.1 cm³/mol. The Hall–Kier alpha value is 0.0500. The van der Waals surface area contributed by atoms with Crippen LogP contribution >= 0.6 is 23.2 Å². The Bertz CT molecular complexity index is 173. The fourth-order valence-electron chi connectivity index (χ4n) is 0.950. The zero-order valence-corrected chi connectivity index (χ0v) is 10.6. The van der Waals surface area contributed by atoms with Gasteiger partial charge in [0.25, 0.3) is 0 Å². The number of carbonyl (C=O) groups excluding carboxylic acids is 1. The molecular weight excluding hydrogens is 221 g/mol. The highest BCUT2D eigenvalue weighted by atomic mass is 35.5. The van der Waals surface area contributed by atoms with Gasteiger partial charge in [-0.1, -0.05) is 20.8 Å². The van der Waals surface area contributed by atoms with E-state index in [4.69, 9.17) is 23.2 Å². The molecule has 0 aromatic heterocycles. The van der Waals surface area contributed by atoms with E-state index in [1.54, 1.807) is 0 Å². The maximum atomic E-state index is 11.6. The molecule has 1 amide bonds. The number of carbonyl (C=O) groups is 1. The molecular formula is C10H19Cl2NO. The van der Waals surface area contributed by atoms with Gasteiger partial charge in [0.2, 0.25) is 5.91 Å². The molecule has 0 spiro atoms. The highest BCUT2D eigenvalue weighted by Crippen LogP contribution is 2.16. The Kier molecular flexibility index (Phi) is 6.54. The summed E-state index contributed by atoms with van der Waals surface area (Å²) < 4.78 is 0. The lowest BCUT2D eigenvalue weighted by atomic mass is 9.99. The average molecular weight is 240 g/mol. The summed E-state index contributed by atoms with van der Waals surface area (Å²) in [5.41, 5.74) is -0.441. The van der Waals surface area contributed by atoms with E-state index in [1.165, 1.54) is 0 Å². The van der Waals surface area contributed by atoms with Gasteiger partial charge in [-0.15, -0.1) is 23.2 Å². The van der Waals surface area contributed by atoms with Gasteiger partial charge >= 0.3 is 0 Å². The summed E-state index contributed by atoms with van der Waals surface area (Å²) in [4.78, 5) is 11.6. The van der Waals surface area contributed by atoms with Gasteiger partial charge in [0.1, 0.15) is 0 Å². The van der Waals surface area contributed by atoms with E-state index < -0.39 is 5.54 Å². The van der Waals surface area contributed by atoms with Crippen molar-refractivity contribution in [2.45, 2.75) is 39.2 Å². The van der Waals surface area contributed by atoms with Crippen molar-refractivity contribution in [1.29, 1.82) is 0 Å². The van der Waals surface area contributed by atoms with Crippen LogP contribution in [-0.2, 0) is 4.79 Å². The van der Waals surface area contributed by atoms with Gasteiger partial charge in [0.15, 0.2) is 0 Å². The molecule has 4 heteroatoms. The van der Waals surface area contributed by atoms with Crippen molar-refractivity contribution in [2.75, 3.05) is 11.8 Å². The third kappa shape index (κ3) is 3.66. The Morgan fingerprint density at radius 1 is 1.36 bits per heavy atom. The minimum absolute atomic E-state index is 0.0207. The second-order valence-electron chi connectivity index (χ2n) is 3.70. The van der Waals surface area contributed by atoms with Gasteiger partial charge in [-0.05, 0) is 12.8 Å². The van der Waals surface area contributed by atoms with E-state index in [1.807, 2.05) is 20.8 Å². The van der Waals surface area contributed by atoms with Gasteiger partial charge in [0.05, 0.1) is 5.54 Å². The largest absolute Gasteiger partial charge is 0.348 e. The maximum absolute atomic E-state index is 11.6. The summed E-state index contributed by atoms with van der Waals surface area (Å²) in [6.45, 7) is 5.86. The van der Waals surface area contributed by atoms with Crippen LogP contribution in [0.2, 0.25) is 0 Å². The Labute approximate surface area is 96.3 Å². The van der Waals surface area contributed by atoms with Crippen molar-refractivity contribution in [3.8, 4) is 0 Å². The van der Waals surface area contributed by atoms with E-state index in [0.29, 0.717) is 11.8 Å². The minimum atomic E-state index is -0.441. The number of hydrogen-bond acceptors (Lipinski definition) is 1. The van der Waals surface area contributed by atoms with Crippen molar-refractivity contribution < 1.29 is 4.79 Å². The van der Waals surface area contributed by atoms with Crippen LogP contribution < -0.4 is 5.32 Å². The summed E-state index contributed by atoms with van der Waals surface area (Å²) in [5.74, 6) is 0.771. The number of rotatable bonds is 6. The second-order valence-corrected chi connectivity index (χ2v) is 4.23. The molecule has 0 rings (SSSR count). The van der Waals surface area contributed by atoms with Crippen LogP contribution in [0, 0.1) is 5.92 Å². The van der Waals surface area contributed by atoms with Crippen LogP contribution in [0.1, 0.15) is 33.6 Å². The standard InChI is InChI=1S/C10H19Cl2NO/c1-4-8(3)9(14)13-10(5-2,6-11)7-12/h8H,4-7H2,1-3H3,(H,13,14). The van der Waals surface area contributed by atoms with Gasteiger partial charge in [-0.25, -0.2) is 0 Å². The molecule has 0 fully saturated rings. The molecule has 14 heavy (non-hydrogen) atoms. The molecule has 0 aliphatic carbocycles. The molecule has 0 aromatic carbocycles. The number of nitrogens with one attached hydrogen (secondary N) is 1. The quantitative estimate of drug-likeness (QED) is 0.710. The highest BCUT2D eigenvalue weighted by molar-refractivity contribution is 6.22. The first-order valence-corrected chi connectivity index (χ1v) is 6.06. The van der Waals surface area contributed by atoms with Crippen molar-refractivity contribution in [3.63, 3.8) is 0 Å². The van der Waals surface area contributed by atoms with Gasteiger partial charge in [0, 0.05) is 17.7 Å². The van der Waals surface area contributed by atoms with Crippen molar-refractivity contribution in [3.05, 3.63) is 0 Å². The molecule has 0 bridgehead atoms. The first-order chi connectivity index (χ1) is 6.55. The number of hydrogen-bond donors (Lipinski definition) is 1. The molecule has 0 saturated carbocycles. The Balaban J connectivity index is 4.37. The van der Waals surface area contributed by atoms with E-state index >= 15 is 0 Å².